The normalized spacial score (nSPS) is 10.7. The molecule has 96 valence electrons. The highest BCUT2D eigenvalue weighted by Gasteiger charge is 2.15. The molecule has 2 rings (SSSR count). The molecule has 0 fully saturated rings. The SMILES string of the molecule is CCOc1cc(Cl)c(-c2nc(N)sc2C)cc1Cl. The molecule has 0 saturated heterocycles. The molecule has 6 heteroatoms. The van der Waals surface area contributed by atoms with E-state index < -0.39 is 0 Å². The van der Waals surface area contributed by atoms with Crippen LogP contribution in [0.4, 0.5) is 5.13 Å². The van der Waals surface area contributed by atoms with Crippen LogP contribution in [-0.2, 0) is 0 Å². The van der Waals surface area contributed by atoms with Crippen molar-refractivity contribution in [3.8, 4) is 17.0 Å². The third-order valence-electron chi connectivity index (χ3n) is 2.39. The van der Waals surface area contributed by atoms with E-state index in [-0.39, 0.29) is 0 Å². The van der Waals surface area contributed by atoms with Crippen LogP contribution in [0.3, 0.4) is 0 Å². The smallest absolute Gasteiger partial charge is 0.180 e. The monoisotopic (exact) mass is 302 g/mol. The number of aryl methyl sites for hydroxylation is 1. The Kier molecular flexibility index (Phi) is 4.00. The largest absolute Gasteiger partial charge is 0.492 e. The summed E-state index contributed by atoms with van der Waals surface area (Å²) in [6.45, 7) is 4.38. The van der Waals surface area contributed by atoms with Crippen molar-refractivity contribution in [3.63, 3.8) is 0 Å². The van der Waals surface area contributed by atoms with Crippen molar-refractivity contribution in [2.75, 3.05) is 12.3 Å². The second kappa shape index (κ2) is 5.34. The Morgan fingerprint density at radius 3 is 2.61 bits per heavy atom. The van der Waals surface area contributed by atoms with Crippen molar-refractivity contribution < 1.29 is 4.74 Å². The molecule has 1 heterocycles. The number of halogens is 2. The summed E-state index contributed by atoms with van der Waals surface area (Å²) in [6.07, 6.45) is 0. The molecule has 0 amide bonds. The molecule has 0 saturated carbocycles. The number of thiazole rings is 1. The molecule has 0 bridgehead atoms. The number of ether oxygens (including phenoxy) is 1. The van der Waals surface area contributed by atoms with Crippen LogP contribution in [-0.4, -0.2) is 11.6 Å². The van der Waals surface area contributed by atoms with E-state index >= 15 is 0 Å². The van der Waals surface area contributed by atoms with Gasteiger partial charge in [0.05, 0.1) is 22.3 Å². The van der Waals surface area contributed by atoms with Crippen molar-refractivity contribution in [1.82, 2.24) is 4.98 Å². The summed E-state index contributed by atoms with van der Waals surface area (Å²) in [5, 5.41) is 1.59. The number of hydrogen-bond acceptors (Lipinski definition) is 4. The molecule has 0 aliphatic rings. The molecule has 1 aromatic carbocycles. The summed E-state index contributed by atoms with van der Waals surface area (Å²) in [5.41, 5.74) is 7.23. The van der Waals surface area contributed by atoms with E-state index in [1.54, 1.807) is 12.1 Å². The fourth-order valence-corrected chi connectivity index (χ4v) is 2.81. The predicted molar refractivity (Wildman–Crippen MR) is 77.9 cm³/mol. The van der Waals surface area contributed by atoms with Gasteiger partial charge in [0, 0.05) is 16.5 Å². The van der Waals surface area contributed by atoms with E-state index in [0.717, 1.165) is 16.1 Å². The minimum absolute atomic E-state index is 0.516. The van der Waals surface area contributed by atoms with Gasteiger partial charge in [-0.05, 0) is 19.9 Å². The zero-order valence-corrected chi connectivity index (χ0v) is 12.3. The van der Waals surface area contributed by atoms with E-state index in [2.05, 4.69) is 4.98 Å². The second-order valence-corrected chi connectivity index (χ2v) is 5.70. The number of benzene rings is 1. The molecule has 0 aliphatic heterocycles. The number of anilines is 1. The molecule has 0 atom stereocenters. The van der Waals surface area contributed by atoms with Gasteiger partial charge in [-0.3, -0.25) is 0 Å². The molecule has 2 N–H and O–H groups in total. The Morgan fingerprint density at radius 2 is 2.06 bits per heavy atom. The van der Waals surface area contributed by atoms with Gasteiger partial charge in [-0.2, -0.15) is 0 Å². The first-order chi connectivity index (χ1) is 8.52. The Balaban J connectivity index is 2.52. The zero-order valence-electron chi connectivity index (χ0n) is 9.96. The summed E-state index contributed by atoms with van der Waals surface area (Å²) in [6, 6.07) is 3.47. The first kappa shape index (κ1) is 13.5. The fraction of sp³-hybridized carbons (Fsp3) is 0.250. The number of nitrogen functional groups attached to an aromatic ring is 1. The van der Waals surface area contributed by atoms with Crippen LogP contribution in [0, 0.1) is 6.92 Å². The number of aromatic nitrogens is 1. The van der Waals surface area contributed by atoms with Crippen molar-refractivity contribution in [1.29, 1.82) is 0 Å². The van der Waals surface area contributed by atoms with Crippen LogP contribution in [0.1, 0.15) is 11.8 Å². The molecular formula is C12H12Cl2N2OS. The average molecular weight is 303 g/mol. The van der Waals surface area contributed by atoms with Crippen molar-refractivity contribution >= 4 is 39.7 Å². The maximum atomic E-state index is 6.24. The van der Waals surface area contributed by atoms with Crippen LogP contribution in [0.25, 0.3) is 11.3 Å². The van der Waals surface area contributed by atoms with Gasteiger partial charge in [-0.15, -0.1) is 11.3 Å². The van der Waals surface area contributed by atoms with E-state index in [1.807, 2.05) is 13.8 Å². The number of rotatable bonds is 3. The molecule has 1 aromatic heterocycles. The van der Waals surface area contributed by atoms with Crippen LogP contribution in [0.5, 0.6) is 5.75 Å². The summed E-state index contributed by atoms with van der Waals surface area (Å²) >= 11 is 13.8. The molecule has 0 radical (unpaired) electrons. The maximum absolute atomic E-state index is 6.24. The zero-order chi connectivity index (χ0) is 13.3. The second-order valence-electron chi connectivity index (χ2n) is 3.65. The lowest BCUT2D eigenvalue weighted by Gasteiger charge is -2.09. The predicted octanol–water partition coefficient (Wildman–Crippen LogP) is 4.41. The van der Waals surface area contributed by atoms with Crippen LogP contribution < -0.4 is 10.5 Å². The van der Waals surface area contributed by atoms with E-state index in [1.165, 1.54) is 11.3 Å². The quantitative estimate of drug-likeness (QED) is 0.914. The van der Waals surface area contributed by atoms with Gasteiger partial charge in [0.15, 0.2) is 5.13 Å². The van der Waals surface area contributed by atoms with Gasteiger partial charge in [0.2, 0.25) is 0 Å². The first-order valence-electron chi connectivity index (χ1n) is 5.38. The Labute approximate surface area is 120 Å². The summed E-state index contributed by atoms with van der Waals surface area (Å²) in [7, 11) is 0. The molecule has 0 spiro atoms. The fourth-order valence-electron chi connectivity index (χ4n) is 1.64. The van der Waals surface area contributed by atoms with Crippen molar-refractivity contribution in [3.05, 3.63) is 27.1 Å². The third kappa shape index (κ3) is 2.55. The van der Waals surface area contributed by atoms with Crippen molar-refractivity contribution in [2.24, 2.45) is 0 Å². The van der Waals surface area contributed by atoms with Gasteiger partial charge in [0.25, 0.3) is 0 Å². The van der Waals surface area contributed by atoms with Crippen LogP contribution in [0.2, 0.25) is 10.0 Å². The van der Waals surface area contributed by atoms with E-state index in [9.17, 15) is 0 Å². The van der Waals surface area contributed by atoms with Crippen LogP contribution in [0.15, 0.2) is 12.1 Å². The highest BCUT2D eigenvalue weighted by Crippen LogP contribution is 2.39. The average Bonchev–Trinajstić information content (AvgIpc) is 2.63. The molecule has 2 aromatic rings. The molecule has 18 heavy (non-hydrogen) atoms. The number of nitrogens with zero attached hydrogens (tertiary/aromatic N) is 1. The summed E-state index contributed by atoms with van der Waals surface area (Å²) in [4.78, 5) is 5.28. The lowest BCUT2D eigenvalue weighted by Crippen LogP contribution is -1.93. The van der Waals surface area contributed by atoms with Crippen LogP contribution >= 0.6 is 34.5 Å². The molecule has 3 nitrogen and oxygen atoms in total. The van der Waals surface area contributed by atoms with Crippen molar-refractivity contribution in [2.45, 2.75) is 13.8 Å². The minimum Gasteiger partial charge on any atom is -0.492 e. The maximum Gasteiger partial charge on any atom is 0.180 e. The van der Waals surface area contributed by atoms with Gasteiger partial charge in [0.1, 0.15) is 5.75 Å². The first-order valence-corrected chi connectivity index (χ1v) is 6.95. The molecular weight excluding hydrogens is 291 g/mol. The topological polar surface area (TPSA) is 48.1 Å². The summed E-state index contributed by atoms with van der Waals surface area (Å²) < 4.78 is 5.38. The Morgan fingerprint density at radius 1 is 1.33 bits per heavy atom. The van der Waals surface area contributed by atoms with Gasteiger partial charge < -0.3 is 10.5 Å². The number of nitrogens with two attached hydrogens (primary N) is 1. The molecule has 0 aliphatic carbocycles. The van der Waals surface area contributed by atoms with Gasteiger partial charge >= 0.3 is 0 Å². The summed E-state index contributed by atoms with van der Waals surface area (Å²) in [5.74, 6) is 0.578. The lowest BCUT2D eigenvalue weighted by molar-refractivity contribution is 0.340. The Bertz CT molecular complexity index is 584. The molecule has 0 unspecified atom stereocenters. The highest BCUT2D eigenvalue weighted by molar-refractivity contribution is 7.15. The number of hydrogen-bond donors (Lipinski definition) is 1. The highest BCUT2D eigenvalue weighted by atomic mass is 35.5. The minimum atomic E-state index is 0.516. The Hall–Kier alpha value is -0.970. The van der Waals surface area contributed by atoms with E-state index in [4.69, 9.17) is 33.7 Å². The lowest BCUT2D eigenvalue weighted by atomic mass is 10.1. The standard InChI is InChI=1S/C12H12Cl2N2OS/c1-3-17-10-5-8(13)7(4-9(10)14)11-6(2)18-12(15)16-11/h4-5H,3H2,1-2H3,(H2,15,16). The van der Waals surface area contributed by atoms with E-state index in [0.29, 0.717) is 27.5 Å². The van der Waals surface area contributed by atoms with Gasteiger partial charge in [-0.25, -0.2) is 4.98 Å². The third-order valence-corrected chi connectivity index (χ3v) is 3.80. The van der Waals surface area contributed by atoms with Gasteiger partial charge in [-0.1, -0.05) is 23.2 Å².